The van der Waals surface area contributed by atoms with Gasteiger partial charge in [0.1, 0.15) is 11.6 Å². The van der Waals surface area contributed by atoms with Crippen molar-refractivity contribution in [2.75, 3.05) is 16.9 Å². The number of aliphatic hydroxyl groups is 1. The summed E-state index contributed by atoms with van der Waals surface area (Å²) in [6.45, 7) is 5.77. The van der Waals surface area contributed by atoms with Crippen LogP contribution in [-0.2, 0) is 13.0 Å². The van der Waals surface area contributed by atoms with Crippen LogP contribution in [0.15, 0.2) is 42.7 Å². The van der Waals surface area contributed by atoms with Gasteiger partial charge in [0.25, 0.3) is 0 Å². The highest BCUT2D eigenvalue weighted by molar-refractivity contribution is 5.65. The maximum absolute atomic E-state index is 13.4. The maximum atomic E-state index is 13.4. The van der Waals surface area contributed by atoms with Crippen molar-refractivity contribution in [2.45, 2.75) is 39.1 Å². The van der Waals surface area contributed by atoms with Crippen LogP contribution in [-0.4, -0.2) is 37.7 Å². The number of benzene rings is 1. The van der Waals surface area contributed by atoms with Gasteiger partial charge >= 0.3 is 0 Å². The molecule has 2 aromatic heterocycles. The lowest BCUT2D eigenvalue weighted by atomic mass is 10.0. The topological polar surface area (TPSA) is 89.4 Å². The molecule has 0 spiro atoms. The first-order valence-electron chi connectivity index (χ1n) is 10.4. The van der Waals surface area contributed by atoms with Gasteiger partial charge in [-0.25, -0.2) is 19.4 Å². The van der Waals surface area contributed by atoms with E-state index in [0.29, 0.717) is 23.1 Å². The Morgan fingerprint density at radius 2 is 2.03 bits per heavy atom. The third-order valence-corrected chi connectivity index (χ3v) is 5.56. The number of anilines is 4. The Balaban J connectivity index is 1.50. The van der Waals surface area contributed by atoms with E-state index in [-0.39, 0.29) is 6.04 Å². The Kier molecular flexibility index (Phi) is 5.01. The number of fused-ring (bicyclic) bond motifs is 2. The summed E-state index contributed by atoms with van der Waals surface area (Å²) in [7, 11) is 0. The van der Waals surface area contributed by atoms with Gasteiger partial charge in [-0.1, -0.05) is 6.07 Å². The summed E-state index contributed by atoms with van der Waals surface area (Å²) < 4.78 is 13.4. The minimum atomic E-state index is -0.924. The van der Waals surface area contributed by atoms with E-state index in [1.807, 2.05) is 19.9 Å². The molecule has 1 aromatic carbocycles. The number of nitrogens with zero attached hydrogens (tertiary/aromatic N) is 5. The number of hydrogen-bond donors (Lipinski definition) is 3. The lowest BCUT2D eigenvalue weighted by Crippen LogP contribution is -2.42. The molecular formula is C22H24FN7O. The SMILES string of the molecule is CC(C)N1C(O)c2cnc(Nc3ccc4c(c3)CCNC4)nc2N1c1ccc(F)cn1. The van der Waals surface area contributed by atoms with Crippen LogP contribution >= 0.6 is 0 Å². The zero-order valence-corrected chi connectivity index (χ0v) is 17.4. The standard InChI is InChI=1S/C22H24FN7O/c1-13(2)29-21(31)18-12-26-22(27-17-5-3-15-10-24-8-7-14(15)9-17)28-20(18)30(29)19-6-4-16(23)11-25-19/h3-6,9,11-13,21,24,31H,7-8,10H2,1-2H3,(H,26,27,28). The van der Waals surface area contributed by atoms with Crippen LogP contribution in [0.5, 0.6) is 0 Å². The van der Waals surface area contributed by atoms with Crippen LogP contribution in [0.3, 0.4) is 0 Å². The highest BCUT2D eigenvalue weighted by Crippen LogP contribution is 2.42. The normalized spacial score (nSPS) is 18.2. The Morgan fingerprint density at radius 3 is 2.81 bits per heavy atom. The molecular weight excluding hydrogens is 397 g/mol. The zero-order valence-electron chi connectivity index (χ0n) is 17.4. The molecule has 31 heavy (non-hydrogen) atoms. The molecule has 3 aromatic rings. The fourth-order valence-electron chi connectivity index (χ4n) is 4.07. The van der Waals surface area contributed by atoms with Crippen molar-refractivity contribution in [1.29, 1.82) is 0 Å². The fraction of sp³-hybridized carbons (Fsp3) is 0.318. The summed E-state index contributed by atoms with van der Waals surface area (Å²) in [5.74, 6) is 0.976. The molecule has 0 bridgehead atoms. The van der Waals surface area contributed by atoms with E-state index in [1.165, 1.54) is 17.2 Å². The monoisotopic (exact) mass is 421 g/mol. The summed E-state index contributed by atoms with van der Waals surface area (Å²) in [6.07, 6.45) is 2.83. The third kappa shape index (κ3) is 3.60. The lowest BCUT2D eigenvalue weighted by molar-refractivity contribution is -0.00462. The van der Waals surface area contributed by atoms with Crippen LogP contribution in [0.1, 0.15) is 36.8 Å². The molecule has 2 aliphatic rings. The number of halogens is 1. The van der Waals surface area contributed by atoms with E-state index in [1.54, 1.807) is 22.3 Å². The first kappa shape index (κ1) is 19.8. The van der Waals surface area contributed by atoms with E-state index in [2.05, 4.69) is 37.7 Å². The minimum Gasteiger partial charge on any atom is -0.372 e. The molecule has 3 N–H and O–H groups in total. The van der Waals surface area contributed by atoms with Gasteiger partial charge in [-0.05, 0) is 62.2 Å². The van der Waals surface area contributed by atoms with Crippen molar-refractivity contribution in [2.24, 2.45) is 0 Å². The van der Waals surface area contributed by atoms with Gasteiger partial charge in [0.2, 0.25) is 5.95 Å². The van der Waals surface area contributed by atoms with Crippen LogP contribution < -0.4 is 15.6 Å². The molecule has 4 heterocycles. The van der Waals surface area contributed by atoms with Crippen molar-refractivity contribution in [3.05, 3.63) is 65.2 Å². The van der Waals surface area contributed by atoms with Crippen LogP contribution in [0.2, 0.25) is 0 Å². The molecule has 0 saturated carbocycles. The first-order valence-corrected chi connectivity index (χ1v) is 10.4. The second-order valence-electron chi connectivity index (χ2n) is 8.00. The van der Waals surface area contributed by atoms with Gasteiger partial charge in [-0.15, -0.1) is 0 Å². The molecule has 2 aliphatic heterocycles. The highest BCUT2D eigenvalue weighted by Gasteiger charge is 2.40. The van der Waals surface area contributed by atoms with Crippen LogP contribution in [0.25, 0.3) is 0 Å². The Morgan fingerprint density at radius 1 is 1.16 bits per heavy atom. The van der Waals surface area contributed by atoms with Gasteiger partial charge in [0.15, 0.2) is 12.0 Å². The summed E-state index contributed by atoms with van der Waals surface area (Å²) in [5, 5.41) is 21.0. The molecule has 0 fully saturated rings. The summed E-state index contributed by atoms with van der Waals surface area (Å²) >= 11 is 0. The summed E-state index contributed by atoms with van der Waals surface area (Å²) in [4.78, 5) is 13.3. The minimum absolute atomic E-state index is 0.0540. The van der Waals surface area contributed by atoms with Crippen molar-refractivity contribution < 1.29 is 9.50 Å². The Labute approximate surface area is 179 Å². The molecule has 1 unspecified atom stereocenters. The van der Waals surface area contributed by atoms with E-state index in [9.17, 15) is 9.50 Å². The average Bonchev–Trinajstić information content (AvgIpc) is 3.06. The number of hydrogen-bond acceptors (Lipinski definition) is 8. The van der Waals surface area contributed by atoms with Crippen molar-refractivity contribution in [1.82, 2.24) is 25.3 Å². The van der Waals surface area contributed by atoms with Gasteiger partial charge in [-0.2, -0.15) is 9.99 Å². The molecule has 5 rings (SSSR count). The summed E-state index contributed by atoms with van der Waals surface area (Å²) in [6, 6.07) is 9.10. The molecule has 1 atom stereocenters. The fourth-order valence-corrected chi connectivity index (χ4v) is 4.07. The second kappa shape index (κ2) is 7.84. The first-order chi connectivity index (χ1) is 15.0. The maximum Gasteiger partial charge on any atom is 0.229 e. The predicted octanol–water partition coefficient (Wildman–Crippen LogP) is 3.17. The number of nitrogens with one attached hydrogen (secondary N) is 2. The van der Waals surface area contributed by atoms with Crippen LogP contribution in [0, 0.1) is 5.82 Å². The van der Waals surface area contributed by atoms with E-state index in [4.69, 9.17) is 0 Å². The molecule has 0 saturated heterocycles. The van der Waals surface area contributed by atoms with Gasteiger partial charge in [0.05, 0.1) is 11.8 Å². The Bertz CT molecular complexity index is 1110. The highest BCUT2D eigenvalue weighted by atomic mass is 19.1. The number of rotatable bonds is 4. The van der Waals surface area contributed by atoms with E-state index >= 15 is 0 Å². The molecule has 9 heteroatoms. The van der Waals surface area contributed by atoms with E-state index < -0.39 is 12.0 Å². The third-order valence-electron chi connectivity index (χ3n) is 5.56. The predicted molar refractivity (Wildman–Crippen MR) is 115 cm³/mol. The average molecular weight is 421 g/mol. The number of aromatic nitrogens is 3. The Hall–Kier alpha value is -3.14. The van der Waals surface area contributed by atoms with Crippen molar-refractivity contribution in [3.63, 3.8) is 0 Å². The van der Waals surface area contributed by atoms with E-state index in [0.717, 1.165) is 31.4 Å². The molecule has 0 aliphatic carbocycles. The van der Waals surface area contributed by atoms with Crippen molar-refractivity contribution in [3.8, 4) is 0 Å². The number of aliphatic hydroxyl groups excluding tert-OH is 1. The van der Waals surface area contributed by atoms with Crippen molar-refractivity contribution >= 4 is 23.3 Å². The van der Waals surface area contributed by atoms with Gasteiger partial charge in [0, 0.05) is 24.5 Å². The zero-order chi connectivity index (χ0) is 21.5. The summed E-state index contributed by atoms with van der Waals surface area (Å²) in [5.41, 5.74) is 4.09. The second-order valence-corrected chi connectivity index (χ2v) is 8.00. The van der Waals surface area contributed by atoms with Gasteiger partial charge < -0.3 is 15.7 Å². The molecule has 160 valence electrons. The number of pyridine rings is 1. The van der Waals surface area contributed by atoms with Gasteiger partial charge in [-0.3, -0.25) is 0 Å². The quantitative estimate of drug-likeness (QED) is 0.592. The van der Waals surface area contributed by atoms with Crippen LogP contribution in [0.4, 0.5) is 27.7 Å². The largest absolute Gasteiger partial charge is 0.372 e. The smallest absolute Gasteiger partial charge is 0.229 e. The molecule has 8 nitrogen and oxygen atoms in total. The lowest BCUT2D eigenvalue weighted by Gasteiger charge is -2.33. The number of hydrazine groups is 1. The molecule has 0 radical (unpaired) electrons. The molecule has 0 amide bonds.